The first kappa shape index (κ1) is 11.1. The summed E-state index contributed by atoms with van der Waals surface area (Å²) in [5.74, 6) is 0. The molecule has 0 unspecified atom stereocenters. The van der Waals surface area contributed by atoms with E-state index in [0.717, 1.165) is 0 Å². The molecule has 0 aromatic rings. The van der Waals surface area contributed by atoms with E-state index in [4.69, 9.17) is 0 Å². The van der Waals surface area contributed by atoms with Gasteiger partial charge in [0.25, 0.3) is 0 Å². The van der Waals surface area contributed by atoms with Gasteiger partial charge in [-0.15, -0.1) is 23.5 Å². The third-order valence-corrected chi connectivity index (χ3v) is 2.95. The van der Waals surface area contributed by atoms with Crippen molar-refractivity contribution < 1.29 is 8.42 Å². The van der Waals surface area contributed by atoms with E-state index in [-0.39, 0.29) is 0 Å². The van der Waals surface area contributed by atoms with Gasteiger partial charge in [0.2, 0.25) is 0 Å². The molecule has 0 rings (SSSR count). The molecule has 2 nitrogen and oxygen atoms in total. The van der Waals surface area contributed by atoms with Crippen LogP contribution in [0.1, 0.15) is 0 Å². The van der Waals surface area contributed by atoms with Gasteiger partial charge in [-0.2, -0.15) is 0 Å². The highest BCUT2D eigenvalue weighted by Crippen LogP contribution is 2.03. The molecule has 0 saturated carbocycles. The van der Waals surface area contributed by atoms with Gasteiger partial charge in [0.1, 0.15) is 0 Å². The van der Waals surface area contributed by atoms with Gasteiger partial charge in [-0.05, 0) is 23.3 Å². The number of hydrogen-bond donors (Lipinski definition) is 0. The zero-order valence-corrected chi connectivity index (χ0v) is 8.80. The zero-order valence-electron chi connectivity index (χ0n) is 6.35. The highest BCUT2D eigenvalue weighted by atomic mass is 32.2. The summed E-state index contributed by atoms with van der Waals surface area (Å²) >= 11 is 2.72. The molecule has 0 radical (unpaired) electrons. The fraction of sp³-hybridized carbons (Fsp3) is 0.333. The van der Waals surface area contributed by atoms with E-state index < -0.39 is 9.84 Å². The molecule has 11 heavy (non-hydrogen) atoms. The highest BCUT2D eigenvalue weighted by molar-refractivity contribution is 8.04. The summed E-state index contributed by atoms with van der Waals surface area (Å²) in [6.07, 6.45) is 3.62. The number of hydrogen-bond acceptors (Lipinski definition) is 4. The van der Waals surface area contributed by atoms with Crippen molar-refractivity contribution in [3.63, 3.8) is 0 Å². The van der Waals surface area contributed by atoms with E-state index in [9.17, 15) is 8.42 Å². The summed E-state index contributed by atoms with van der Waals surface area (Å²) in [4.78, 5) is 0. The number of thioether (sulfide) groups is 2. The molecule has 0 bridgehead atoms. The van der Waals surface area contributed by atoms with E-state index in [0.29, 0.717) is 0 Å². The molecule has 0 fully saturated rings. The summed E-state index contributed by atoms with van der Waals surface area (Å²) in [5, 5.41) is 5.45. The summed E-state index contributed by atoms with van der Waals surface area (Å²) in [7, 11) is -3.11. The zero-order chi connectivity index (χ0) is 8.74. The van der Waals surface area contributed by atoms with Crippen LogP contribution in [-0.2, 0) is 9.84 Å². The van der Waals surface area contributed by atoms with Crippen molar-refractivity contribution in [3.05, 3.63) is 21.6 Å². The molecule has 0 saturated heterocycles. The van der Waals surface area contributed by atoms with Crippen molar-refractivity contribution >= 4 is 33.4 Å². The monoisotopic (exact) mass is 210 g/mol. The Morgan fingerprint density at radius 2 is 1.36 bits per heavy atom. The maximum atomic E-state index is 10.9. The Balaban J connectivity index is 4.25. The standard InChI is InChI=1S/C6H10O2S3/c1-9-3-5-11(7,8)6-4-10-2/h3-6H,1-2H3. The first-order chi connectivity index (χ1) is 5.12. The van der Waals surface area contributed by atoms with Gasteiger partial charge < -0.3 is 0 Å². The molecule has 0 aromatic carbocycles. The number of sulfone groups is 1. The molecule has 0 spiro atoms. The van der Waals surface area contributed by atoms with E-state index in [1.807, 2.05) is 12.5 Å². The third kappa shape index (κ3) is 6.52. The van der Waals surface area contributed by atoms with Crippen LogP contribution in [-0.4, -0.2) is 20.9 Å². The molecule has 0 heterocycles. The quantitative estimate of drug-likeness (QED) is 0.711. The predicted molar refractivity (Wildman–Crippen MR) is 54.2 cm³/mol. The molecule has 0 amide bonds. The summed E-state index contributed by atoms with van der Waals surface area (Å²) < 4.78 is 21.9. The second kappa shape index (κ2) is 5.74. The SMILES string of the molecule is CSC=CS(=O)(=O)C=CSC. The lowest BCUT2D eigenvalue weighted by molar-refractivity contribution is 0.612. The molecule has 0 aromatic heterocycles. The van der Waals surface area contributed by atoms with Crippen molar-refractivity contribution in [1.29, 1.82) is 0 Å². The lowest BCUT2D eigenvalue weighted by Crippen LogP contribution is -1.85. The van der Waals surface area contributed by atoms with Crippen molar-refractivity contribution in [2.45, 2.75) is 0 Å². The molecule has 0 aliphatic rings. The smallest absolute Gasteiger partial charge is 0.194 e. The Morgan fingerprint density at radius 1 is 1.00 bits per heavy atom. The van der Waals surface area contributed by atoms with Gasteiger partial charge in [-0.1, -0.05) is 0 Å². The fourth-order valence-corrected chi connectivity index (χ4v) is 2.53. The normalized spacial score (nSPS) is 13.3. The second-order valence-corrected chi connectivity index (χ2v) is 4.81. The highest BCUT2D eigenvalue weighted by Gasteiger charge is 1.96. The van der Waals surface area contributed by atoms with Crippen LogP contribution in [0.25, 0.3) is 0 Å². The van der Waals surface area contributed by atoms with Crippen LogP contribution in [0.2, 0.25) is 0 Å². The average molecular weight is 210 g/mol. The topological polar surface area (TPSA) is 34.1 Å². The summed E-state index contributed by atoms with van der Waals surface area (Å²) in [6.45, 7) is 0. The van der Waals surface area contributed by atoms with Gasteiger partial charge in [0.15, 0.2) is 9.84 Å². The summed E-state index contributed by atoms with van der Waals surface area (Å²) in [5.41, 5.74) is 0. The van der Waals surface area contributed by atoms with Gasteiger partial charge in [-0.3, -0.25) is 0 Å². The Kier molecular flexibility index (Phi) is 5.81. The minimum Gasteiger partial charge on any atom is -0.220 e. The lowest BCUT2D eigenvalue weighted by Gasteiger charge is -1.85. The van der Waals surface area contributed by atoms with Crippen LogP contribution in [0.3, 0.4) is 0 Å². The Labute approximate surface area is 76.1 Å². The van der Waals surface area contributed by atoms with Crippen LogP contribution in [0.4, 0.5) is 0 Å². The molecule has 5 heteroatoms. The first-order valence-electron chi connectivity index (χ1n) is 2.76. The number of rotatable bonds is 4. The molecule has 0 N–H and O–H groups in total. The van der Waals surface area contributed by atoms with E-state index in [1.54, 1.807) is 10.8 Å². The van der Waals surface area contributed by atoms with Crippen molar-refractivity contribution in [3.8, 4) is 0 Å². The fourth-order valence-electron chi connectivity index (χ4n) is 0.311. The maximum Gasteiger partial charge on any atom is 0.194 e. The molecule has 0 aliphatic carbocycles. The predicted octanol–water partition coefficient (Wildman–Crippen LogP) is 2.07. The minimum absolute atomic E-state index is 1.18. The molecular weight excluding hydrogens is 200 g/mol. The maximum absolute atomic E-state index is 10.9. The van der Waals surface area contributed by atoms with Crippen LogP contribution in [0.15, 0.2) is 21.6 Å². The Bertz CT molecular complexity index is 219. The van der Waals surface area contributed by atoms with Gasteiger partial charge in [0.05, 0.1) is 0 Å². The van der Waals surface area contributed by atoms with Crippen molar-refractivity contribution in [2.75, 3.05) is 12.5 Å². The van der Waals surface area contributed by atoms with Crippen molar-refractivity contribution in [2.24, 2.45) is 0 Å². The van der Waals surface area contributed by atoms with E-state index in [2.05, 4.69) is 0 Å². The van der Waals surface area contributed by atoms with Gasteiger partial charge >= 0.3 is 0 Å². The van der Waals surface area contributed by atoms with Crippen LogP contribution >= 0.6 is 23.5 Å². The van der Waals surface area contributed by atoms with Crippen molar-refractivity contribution in [1.82, 2.24) is 0 Å². The lowest BCUT2D eigenvalue weighted by atomic mass is 11.2. The summed E-state index contributed by atoms with van der Waals surface area (Å²) in [6, 6.07) is 0. The van der Waals surface area contributed by atoms with Crippen LogP contribution in [0, 0.1) is 0 Å². The largest absolute Gasteiger partial charge is 0.220 e. The molecule has 0 aliphatic heterocycles. The van der Waals surface area contributed by atoms with Crippen LogP contribution < -0.4 is 0 Å². The Morgan fingerprint density at radius 3 is 1.64 bits per heavy atom. The minimum atomic E-state index is -3.11. The van der Waals surface area contributed by atoms with Gasteiger partial charge in [0, 0.05) is 10.8 Å². The average Bonchev–Trinajstić information content (AvgIpc) is 1.97. The first-order valence-corrected chi connectivity index (χ1v) is 6.94. The molecular formula is C6H10O2S3. The van der Waals surface area contributed by atoms with Gasteiger partial charge in [-0.25, -0.2) is 8.42 Å². The third-order valence-electron chi connectivity index (χ3n) is 0.763. The van der Waals surface area contributed by atoms with Crippen LogP contribution in [0.5, 0.6) is 0 Å². The van der Waals surface area contributed by atoms with E-state index in [1.165, 1.54) is 34.3 Å². The van der Waals surface area contributed by atoms with E-state index >= 15 is 0 Å². The Hall–Kier alpha value is 0.130. The second-order valence-electron chi connectivity index (χ2n) is 1.60. The molecule has 64 valence electrons. The molecule has 0 atom stereocenters.